The van der Waals surface area contributed by atoms with Crippen molar-refractivity contribution in [1.29, 1.82) is 5.39 Å². The number of sulfonamides is 1. The minimum atomic E-state index is -3.67. The van der Waals surface area contributed by atoms with Crippen LogP contribution in [0.1, 0.15) is 0 Å². The Labute approximate surface area is 116 Å². The number of hydrogen-bond donors (Lipinski definition) is 1. The molecular formula is C11H9ClN4O2S. The summed E-state index contributed by atoms with van der Waals surface area (Å²) in [6.07, 6.45) is 1.49. The summed E-state index contributed by atoms with van der Waals surface area (Å²) in [4.78, 5) is 6.89. The van der Waals surface area contributed by atoms with Gasteiger partial charge in [-0.1, -0.05) is 6.07 Å². The predicted octanol–water partition coefficient (Wildman–Crippen LogP) is -0.629. The minimum Gasteiger partial charge on any atom is -1.00 e. The molecule has 0 spiro atoms. The van der Waals surface area contributed by atoms with Gasteiger partial charge in [0.25, 0.3) is 10.0 Å². The normalized spacial score (nSPS) is 10.1. The van der Waals surface area contributed by atoms with Crippen molar-refractivity contribution in [2.24, 2.45) is 0 Å². The third-order valence-electron chi connectivity index (χ3n) is 2.17. The molecule has 0 unspecified atom stereocenters. The second-order valence-electron chi connectivity index (χ2n) is 3.41. The van der Waals surface area contributed by atoms with E-state index in [1.54, 1.807) is 18.2 Å². The molecule has 6 nitrogen and oxygen atoms in total. The van der Waals surface area contributed by atoms with Crippen LogP contribution >= 0.6 is 0 Å². The van der Waals surface area contributed by atoms with E-state index in [1.165, 1.54) is 30.5 Å². The zero-order valence-electron chi connectivity index (χ0n) is 9.56. The van der Waals surface area contributed by atoms with Gasteiger partial charge in [0, 0.05) is 18.3 Å². The quantitative estimate of drug-likeness (QED) is 0.764. The third-order valence-corrected chi connectivity index (χ3v) is 3.54. The third kappa shape index (κ3) is 3.64. The molecule has 0 amide bonds. The largest absolute Gasteiger partial charge is 1.00 e. The molecular weight excluding hydrogens is 288 g/mol. The molecule has 0 saturated heterocycles. The van der Waals surface area contributed by atoms with E-state index >= 15 is 0 Å². The number of halogens is 1. The van der Waals surface area contributed by atoms with Gasteiger partial charge in [0.2, 0.25) is 5.39 Å². The molecule has 2 aromatic rings. The van der Waals surface area contributed by atoms with Crippen molar-refractivity contribution in [3.63, 3.8) is 0 Å². The smallest absolute Gasteiger partial charge is 0.385 e. The molecule has 0 radical (unpaired) electrons. The van der Waals surface area contributed by atoms with E-state index < -0.39 is 10.0 Å². The zero-order valence-corrected chi connectivity index (χ0v) is 11.1. The molecule has 0 bridgehead atoms. The number of diazo groups is 1. The molecule has 19 heavy (non-hydrogen) atoms. The van der Waals surface area contributed by atoms with Crippen LogP contribution in [0.25, 0.3) is 4.98 Å². The Hall–Kier alpha value is -2.17. The zero-order chi connectivity index (χ0) is 13.0. The van der Waals surface area contributed by atoms with Crippen molar-refractivity contribution in [2.45, 2.75) is 4.90 Å². The predicted molar refractivity (Wildman–Crippen MR) is 66.2 cm³/mol. The fraction of sp³-hybridized carbons (Fsp3) is 0. The molecule has 0 saturated carbocycles. The van der Waals surface area contributed by atoms with Crippen LogP contribution in [0.3, 0.4) is 0 Å². The van der Waals surface area contributed by atoms with Crippen molar-refractivity contribution in [3.05, 3.63) is 53.6 Å². The monoisotopic (exact) mass is 296 g/mol. The number of nitrogens with one attached hydrogen (secondary N) is 1. The van der Waals surface area contributed by atoms with E-state index in [2.05, 4.69) is 14.7 Å². The Balaban J connectivity index is 0.00000180. The molecule has 0 aliphatic heterocycles. The fourth-order valence-electron chi connectivity index (χ4n) is 1.31. The van der Waals surface area contributed by atoms with E-state index in [4.69, 9.17) is 5.39 Å². The Morgan fingerprint density at radius 2 is 1.79 bits per heavy atom. The van der Waals surface area contributed by atoms with Crippen LogP contribution in [0.4, 0.5) is 11.5 Å². The van der Waals surface area contributed by atoms with Crippen molar-refractivity contribution >= 4 is 21.5 Å². The first-order valence-electron chi connectivity index (χ1n) is 5.01. The first-order valence-corrected chi connectivity index (χ1v) is 6.49. The van der Waals surface area contributed by atoms with Crippen molar-refractivity contribution < 1.29 is 20.8 Å². The van der Waals surface area contributed by atoms with Crippen LogP contribution in [0.5, 0.6) is 0 Å². The number of pyridine rings is 1. The van der Waals surface area contributed by atoms with Crippen LogP contribution < -0.4 is 17.1 Å². The summed E-state index contributed by atoms with van der Waals surface area (Å²) in [5.41, 5.74) is 0.284. The molecule has 1 heterocycles. The lowest BCUT2D eigenvalue weighted by molar-refractivity contribution is -0.00000634. The maximum atomic E-state index is 12.0. The molecule has 8 heteroatoms. The summed E-state index contributed by atoms with van der Waals surface area (Å²) in [5.74, 6) is 0.244. The van der Waals surface area contributed by atoms with E-state index in [9.17, 15) is 8.42 Å². The number of anilines is 1. The second kappa shape index (κ2) is 6.13. The highest BCUT2D eigenvalue weighted by molar-refractivity contribution is 7.92. The highest BCUT2D eigenvalue weighted by Gasteiger charge is 2.16. The summed E-state index contributed by atoms with van der Waals surface area (Å²) in [7, 11) is -3.67. The van der Waals surface area contributed by atoms with Gasteiger partial charge in [0.15, 0.2) is 4.98 Å². The van der Waals surface area contributed by atoms with Gasteiger partial charge in [0.05, 0.1) is 4.90 Å². The van der Waals surface area contributed by atoms with Crippen LogP contribution in [0, 0.1) is 5.39 Å². The molecule has 98 valence electrons. The molecule has 0 aliphatic rings. The van der Waals surface area contributed by atoms with Crippen molar-refractivity contribution in [3.8, 4) is 0 Å². The van der Waals surface area contributed by atoms with Crippen molar-refractivity contribution in [1.82, 2.24) is 4.98 Å². The minimum absolute atomic E-state index is 0. The molecule has 1 aromatic heterocycles. The maximum absolute atomic E-state index is 12.0. The van der Waals surface area contributed by atoms with Crippen LogP contribution in [0.2, 0.25) is 0 Å². The molecule has 0 aliphatic carbocycles. The highest BCUT2D eigenvalue weighted by Crippen LogP contribution is 2.18. The van der Waals surface area contributed by atoms with Crippen molar-refractivity contribution in [2.75, 3.05) is 4.72 Å². The van der Waals surface area contributed by atoms with Crippen LogP contribution in [-0.4, -0.2) is 13.4 Å². The number of benzene rings is 1. The van der Waals surface area contributed by atoms with Crippen LogP contribution in [0.15, 0.2) is 53.6 Å². The Bertz CT molecular complexity index is 681. The van der Waals surface area contributed by atoms with E-state index in [0.717, 1.165) is 0 Å². The molecule has 1 N–H and O–H groups in total. The Morgan fingerprint density at radius 3 is 2.32 bits per heavy atom. The lowest BCUT2D eigenvalue weighted by Crippen LogP contribution is -3.00. The van der Waals surface area contributed by atoms with E-state index in [1.807, 2.05) is 0 Å². The number of rotatable bonds is 3. The molecule has 1 aromatic carbocycles. The van der Waals surface area contributed by atoms with Gasteiger partial charge in [-0.2, -0.15) is 0 Å². The van der Waals surface area contributed by atoms with Gasteiger partial charge < -0.3 is 12.4 Å². The SMILES string of the molecule is N#[N+]c1ccc(S(=O)(=O)Nc2ccccn2)cc1.[Cl-]. The lowest BCUT2D eigenvalue weighted by Gasteiger charge is -2.05. The highest BCUT2D eigenvalue weighted by atomic mass is 35.5. The average Bonchev–Trinajstić information content (AvgIpc) is 2.39. The number of hydrogen-bond acceptors (Lipinski definition) is 4. The summed E-state index contributed by atoms with van der Waals surface area (Å²) in [5, 5.41) is 8.52. The number of nitrogens with zero attached hydrogens (tertiary/aromatic N) is 3. The number of aromatic nitrogens is 1. The summed E-state index contributed by atoms with van der Waals surface area (Å²) >= 11 is 0. The molecule has 2 rings (SSSR count). The Morgan fingerprint density at radius 1 is 1.11 bits per heavy atom. The lowest BCUT2D eigenvalue weighted by atomic mass is 10.3. The van der Waals surface area contributed by atoms with Crippen LogP contribution in [-0.2, 0) is 10.0 Å². The van der Waals surface area contributed by atoms with Gasteiger partial charge in [-0.3, -0.25) is 4.72 Å². The van der Waals surface area contributed by atoms with Gasteiger partial charge in [0.1, 0.15) is 5.82 Å². The maximum Gasteiger partial charge on any atom is 0.385 e. The first-order chi connectivity index (χ1) is 8.62. The van der Waals surface area contributed by atoms with Gasteiger partial charge in [-0.25, -0.2) is 13.4 Å². The average molecular weight is 297 g/mol. The Kier molecular flexibility index (Phi) is 4.80. The van der Waals surface area contributed by atoms with E-state index in [0.29, 0.717) is 0 Å². The first kappa shape index (κ1) is 14.9. The van der Waals surface area contributed by atoms with E-state index in [-0.39, 0.29) is 28.8 Å². The summed E-state index contributed by atoms with van der Waals surface area (Å²) in [6.45, 7) is 0. The molecule has 0 atom stereocenters. The van der Waals surface area contributed by atoms with Gasteiger partial charge in [-0.05, 0) is 24.3 Å². The second-order valence-corrected chi connectivity index (χ2v) is 5.10. The van der Waals surface area contributed by atoms with Gasteiger partial charge in [-0.15, -0.1) is 0 Å². The molecule has 0 fully saturated rings. The summed E-state index contributed by atoms with van der Waals surface area (Å²) < 4.78 is 26.3. The fourth-order valence-corrected chi connectivity index (χ4v) is 2.32. The van der Waals surface area contributed by atoms with Gasteiger partial charge >= 0.3 is 5.69 Å². The standard InChI is InChI=1S/C11H9N4O2S.ClH/c12-14-9-4-6-10(7-5-9)18(16,17)15-11-3-1-2-8-13-11;/h1-8H,(H,13,15);1H/q+1;/p-1. The summed E-state index contributed by atoms with van der Waals surface area (Å²) in [6, 6.07) is 10.4. The topological polar surface area (TPSA) is 87.2 Å².